The van der Waals surface area contributed by atoms with Crippen LogP contribution in [0, 0.1) is 0 Å². The lowest BCUT2D eigenvalue weighted by Gasteiger charge is -2.52. The molecule has 228 valence electrons. The number of aliphatic carboxylic acids is 1. The maximum Gasteiger partial charge on any atom is 0.490 e. The van der Waals surface area contributed by atoms with Crippen molar-refractivity contribution < 1.29 is 37.5 Å². The molecule has 0 radical (unpaired) electrons. The van der Waals surface area contributed by atoms with Crippen molar-refractivity contribution in [2.24, 2.45) is 16.5 Å². The smallest absolute Gasteiger partial charge is 0.475 e. The standard InChI is InChI=1S/C23H34ClN7O3.C2HF3O2/c24-16-4-6-17(7-5-16)29-20(33)21(34)30-18-8-12-31(23(14-18)9-2-1-3-10-23)13-11-27-19(32)15-28-22(25)26;3-2(4,5)1(6)7/h4-7,18H,1-3,8-15H2,(H,27,32)(H,29,33)(H,30,34)(H4,25,26,28);(H,6,7). The van der Waals surface area contributed by atoms with E-state index >= 15 is 0 Å². The topological polar surface area (TPSA) is 192 Å². The number of hydrogen-bond acceptors (Lipinski definition) is 6. The van der Waals surface area contributed by atoms with Crippen LogP contribution < -0.4 is 27.4 Å². The van der Waals surface area contributed by atoms with Gasteiger partial charge in [0.05, 0.1) is 0 Å². The van der Waals surface area contributed by atoms with E-state index in [0.29, 0.717) is 23.8 Å². The predicted octanol–water partition coefficient (Wildman–Crippen LogP) is 1.58. The van der Waals surface area contributed by atoms with E-state index in [0.717, 1.165) is 45.1 Å². The number of carbonyl (C=O) groups is 4. The van der Waals surface area contributed by atoms with E-state index in [-0.39, 0.29) is 30.0 Å². The van der Waals surface area contributed by atoms with Gasteiger partial charge in [-0.05, 0) is 49.9 Å². The molecule has 8 N–H and O–H groups in total. The molecular formula is C25H35ClF3N7O5. The third kappa shape index (κ3) is 11.4. The largest absolute Gasteiger partial charge is 0.490 e. The van der Waals surface area contributed by atoms with Gasteiger partial charge in [0.15, 0.2) is 5.96 Å². The summed E-state index contributed by atoms with van der Waals surface area (Å²) >= 11 is 5.86. The highest BCUT2D eigenvalue weighted by Gasteiger charge is 2.43. The minimum absolute atomic E-state index is 0.0360. The Morgan fingerprint density at radius 2 is 1.68 bits per heavy atom. The van der Waals surface area contributed by atoms with Crippen molar-refractivity contribution in [3.8, 4) is 0 Å². The number of benzene rings is 1. The number of anilines is 1. The number of nitrogens with zero attached hydrogens (tertiary/aromatic N) is 2. The first-order valence-corrected chi connectivity index (χ1v) is 13.3. The summed E-state index contributed by atoms with van der Waals surface area (Å²) in [6.07, 6.45) is 1.98. The van der Waals surface area contributed by atoms with E-state index in [1.54, 1.807) is 24.3 Å². The Balaban J connectivity index is 0.000000745. The minimum atomic E-state index is -5.08. The molecule has 3 amide bonds. The third-order valence-electron chi connectivity index (χ3n) is 6.82. The highest BCUT2D eigenvalue weighted by atomic mass is 35.5. The van der Waals surface area contributed by atoms with Crippen molar-refractivity contribution in [1.82, 2.24) is 15.5 Å². The molecule has 1 aliphatic carbocycles. The van der Waals surface area contributed by atoms with Crippen molar-refractivity contribution in [1.29, 1.82) is 0 Å². The second-order valence-electron chi connectivity index (χ2n) is 9.79. The van der Waals surface area contributed by atoms with Crippen LogP contribution >= 0.6 is 11.6 Å². The van der Waals surface area contributed by atoms with Crippen LogP contribution in [-0.4, -0.2) is 83.6 Å². The molecule has 2 fully saturated rings. The molecule has 1 unspecified atom stereocenters. The Bertz CT molecular complexity index is 1090. The molecule has 3 rings (SSSR count). The van der Waals surface area contributed by atoms with E-state index in [1.807, 2.05) is 0 Å². The molecule has 41 heavy (non-hydrogen) atoms. The zero-order chi connectivity index (χ0) is 30.6. The lowest BCUT2D eigenvalue weighted by molar-refractivity contribution is -0.192. The number of piperidine rings is 1. The van der Waals surface area contributed by atoms with Crippen LogP contribution in [0.2, 0.25) is 5.02 Å². The lowest BCUT2D eigenvalue weighted by Crippen LogP contribution is -2.60. The van der Waals surface area contributed by atoms with Crippen molar-refractivity contribution in [3.63, 3.8) is 0 Å². The zero-order valence-electron chi connectivity index (χ0n) is 22.3. The molecule has 0 bridgehead atoms. The van der Waals surface area contributed by atoms with E-state index in [9.17, 15) is 27.6 Å². The maximum absolute atomic E-state index is 12.6. The van der Waals surface area contributed by atoms with Crippen LogP contribution in [-0.2, 0) is 19.2 Å². The van der Waals surface area contributed by atoms with Crippen LogP contribution in [0.25, 0.3) is 0 Å². The summed E-state index contributed by atoms with van der Waals surface area (Å²) in [5.41, 5.74) is 11.0. The van der Waals surface area contributed by atoms with Crippen LogP contribution in [0.4, 0.5) is 18.9 Å². The average Bonchev–Trinajstić information content (AvgIpc) is 2.90. The van der Waals surface area contributed by atoms with Gasteiger partial charge < -0.3 is 32.5 Å². The summed E-state index contributed by atoms with van der Waals surface area (Å²) in [4.78, 5) is 51.9. The average molecular weight is 606 g/mol. The maximum atomic E-state index is 12.6. The van der Waals surface area contributed by atoms with Gasteiger partial charge in [0.25, 0.3) is 0 Å². The second-order valence-corrected chi connectivity index (χ2v) is 10.2. The van der Waals surface area contributed by atoms with Crippen molar-refractivity contribution in [2.45, 2.75) is 62.7 Å². The molecule has 1 heterocycles. The number of alkyl halides is 3. The molecule has 1 atom stereocenters. The normalized spacial score (nSPS) is 18.3. The van der Waals surface area contributed by atoms with E-state index in [1.165, 1.54) is 6.42 Å². The van der Waals surface area contributed by atoms with Gasteiger partial charge in [-0.25, -0.2) is 9.79 Å². The number of nitrogens with one attached hydrogen (secondary N) is 3. The third-order valence-corrected chi connectivity index (χ3v) is 7.08. The highest BCUT2D eigenvalue weighted by Crippen LogP contribution is 2.40. The number of halogens is 4. The van der Waals surface area contributed by atoms with Crippen molar-refractivity contribution >= 4 is 46.9 Å². The number of carboxylic acids is 1. The lowest BCUT2D eigenvalue weighted by atomic mass is 9.73. The predicted molar refractivity (Wildman–Crippen MR) is 146 cm³/mol. The Morgan fingerprint density at radius 1 is 1.07 bits per heavy atom. The number of aliphatic imine (C=N–C) groups is 1. The molecular weight excluding hydrogens is 571 g/mol. The Kier molecular flexibility index (Phi) is 12.6. The summed E-state index contributed by atoms with van der Waals surface area (Å²) in [5.74, 6) is -4.41. The van der Waals surface area contributed by atoms with Gasteiger partial charge in [0.1, 0.15) is 6.54 Å². The zero-order valence-corrected chi connectivity index (χ0v) is 23.1. The molecule has 1 aromatic rings. The molecule has 0 aromatic heterocycles. The minimum Gasteiger partial charge on any atom is -0.475 e. The Labute approximate surface area is 240 Å². The fraction of sp³-hybridized carbons (Fsp3) is 0.560. The number of guanidine groups is 1. The second kappa shape index (κ2) is 15.4. The van der Waals surface area contributed by atoms with Gasteiger partial charge >= 0.3 is 24.0 Å². The van der Waals surface area contributed by atoms with Gasteiger partial charge in [0.2, 0.25) is 5.91 Å². The van der Waals surface area contributed by atoms with E-state index in [4.69, 9.17) is 33.0 Å². The van der Waals surface area contributed by atoms with Gasteiger partial charge in [0, 0.05) is 41.9 Å². The van der Waals surface area contributed by atoms with Gasteiger partial charge in [-0.3, -0.25) is 19.3 Å². The quantitative estimate of drug-likeness (QED) is 0.153. The number of rotatable bonds is 7. The Hall–Kier alpha value is -3.59. The summed E-state index contributed by atoms with van der Waals surface area (Å²) in [5, 5.41) is 16.1. The van der Waals surface area contributed by atoms with Crippen molar-refractivity contribution in [2.75, 3.05) is 31.5 Å². The first-order chi connectivity index (χ1) is 19.2. The molecule has 1 aliphatic heterocycles. The SMILES string of the molecule is NC(N)=NCC(=O)NCCN1CCC(NC(=O)C(=O)Nc2ccc(Cl)cc2)CC12CCCCC2.O=C(O)C(F)(F)F. The summed E-state index contributed by atoms with van der Waals surface area (Å²) < 4.78 is 31.7. The molecule has 1 saturated carbocycles. The van der Waals surface area contributed by atoms with Gasteiger partial charge in [-0.15, -0.1) is 0 Å². The van der Waals surface area contributed by atoms with E-state index < -0.39 is 24.0 Å². The monoisotopic (exact) mass is 605 g/mol. The number of nitrogens with two attached hydrogens (primary N) is 2. The number of hydrogen-bond donors (Lipinski definition) is 6. The summed E-state index contributed by atoms with van der Waals surface area (Å²) in [7, 11) is 0. The fourth-order valence-electron chi connectivity index (χ4n) is 4.96. The van der Waals surface area contributed by atoms with Crippen LogP contribution in [0.15, 0.2) is 29.3 Å². The molecule has 12 nitrogen and oxygen atoms in total. The van der Waals surface area contributed by atoms with Crippen LogP contribution in [0.3, 0.4) is 0 Å². The van der Waals surface area contributed by atoms with Crippen LogP contribution in [0.5, 0.6) is 0 Å². The molecule has 1 spiro atoms. The van der Waals surface area contributed by atoms with Gasteiger partial charge in [-0.1, -0.05) is 30.9 Å². The first-order valence-electron chi connectivity index (χ1n) is 13.0. The van der Waals surface area contributed by atoms with E-state index in [2.05, 4.69) is 25.8 Å². The fourth-order valence-corrected chi connectivity index (χ4v) is 5.09. The summed E-state index contributed by atoms with van der Waals surface area (Å²) in [6.45, 7) is 1.92. The number of carbonyl (C=O) groups excluding carboxylic acids is 3. The summed E-state index contributed by atoms with van der Waals surface area (Å²) in [6, 6.07) is 6.54. The Morgan fingerprint density at radius 3 is 2.24 bits per heavy atom. The van der Waals surface area contributed by atoms with Crippen molar-refractivity contribution in [3.05, 3.63) is 29.3 Å². The molecule has 16 heteroatoms. The molecule has 2 aliphatic rings. The molecule has 1 aromatic carbocycles. The number of amides is 3. The van der Waals surface area contributed by atoms with Gasteiger partial charge in [-0.2, -0.15) is 13.2 Å². The van der Waals surface area contributed by atoms with Crippen LogP contribution in [0.1, 0.15) is 44.9 Å². The number of likely N-dealkylation sites (tertiary alicyclic amines) is 1. The molecule has 1 saturated heterocycles. The highest BCUT2D eigenvalue weighted by molar-refractivity contribution is 6.39. The first kappa shape index (κ1) is 33.6. The number of carboxylic acid groups (broad SMARTS) is 1.